The van der Waals surface area contributed by atoms with Crippen molar-refractivity contribution >= 4 is 28.2 Å². The van der Waals surface area contributed by atoms with Crippen molar-refractivity contribution in [3.05, 3.63) is 125 Å². The van der Waals surface area contributed by atoms with Crippen LogP contribution in [0.3, 0.4) is 0 Å². The number of nitrogens with one attached hydrogen (secondary N) is 2. The third-order valence-electron chi connectivity index (χ3n) is 7.82. The van der Waals surface area contributed by atoms with Gasteiger partial charge < -0.3 is 20.1 Å². The summed E-state index contributed by atoms with van der Waals surface area (Å²) in [6.45, 7) is 6.29. The van der Waals surface area contributed by atoms with Gasteiger partial charge in [0.25, 0.3) is 5.91 Å². The van der Waals surface area contributed by atoms with Gasteiger partial charge in [0.1, 0.15) is 0 Å². The summed E-state index contributed by atoms with van der Waals surface area (Å²) in [6.07, 6.45) is 4.19. The Labute approximate surface area is 251 Å². The zero-order valence-electron chi connectivity index (χ0n) is 24.2. The second-order valence-electron chi connectivity index (χ2n) is 10.7. The van der Waals surface area contributed by atoms with Crippen molar-refractivity contribution in [2.75, 3.05) is 26.3 Å². The Kier molecular flexibility index (Phi) is 8.58. The highest BCUT2D eigenvalue weighted by Crippen LogP contribution is 2.32. The van der Waals surface area contributed by atoms with Crippen LogP contribution in [0.1, 0.15) is 52.0 Å². The number of fused-ring (bicyclic) bond motifs is 1. The first kappa shape index (κ1) is 28.3. The number of aromatic amines is 1. The van der Waals surface area contributed by atoms with Crippen LogP contribution in [0.15, 0.2) is 102 Å². The number of amides is 1. The normalized spacial score (nSPS) is 15.0. The molecule has 218 valence electrons. The second-order valence-corrected chi connectivity index (χ2v) is 10.7. The van der Waals surface area contributed by atoms with Crippen LogP contribution in [0.2, 0.25) is 0 Å². The van der Waals surface area contributed by atoms with Crippen LogP contribution in [0.25, 0.3) is 10.9 Å². The number of rotatable bonds is 9. The molecule has 43 heavy (non-hydrogen) atoms. The van der Waals surface area contributed by atoms with Crippen LogP contribution in [-0.4, -0.2) is 57.9 Å². The van der Waals surface area contributed by atoms with Crippen molar-refractivity contribution in [2.24, 2.45) is 4.99 Å². The van der Waals surface area contributed by atoms with Gasteiger partial charge in [0.05, 0.1) is 36.2 Å². The lowest BCUT2D eigenvalue weighted by atomic mass is 10.00. The number of aliphatic imine (C=N–C) groups is 1. The minimum atomic E-state index is -0.181. The number of carbonyl (C=O) groups is 1. The number of morpholine rings is 1. The van der Waals surface area contributed by atoms with E-state index in [0.29, 0.717) is 27.7 Å². The van der Waals surface area contributed by atoms with E-state index in [0.717, 1.165) is 56.1 Å². The molecule has 3 aromatic carbocycles. The Hall–Kier alpha value is -4.79. The average molecular weight is 574 g/mol. The molecular weight excluding hydrogens is 538 g/mol. The van der Waals surface area contributed by atoms with E-state index in [-0.39, 0.29) is 17.8 Å². The number of hydrogen-bond acceptors (Lipinski definition) is 6. The van der Waals surface area contributed by atoms with Crippen LogP contribution < -0.4 is 5.32 Å². The molecule has 6 rings (SSSR count). The Balaban J connectivity index is 1.34. The molecule has 2 aromatic heterocycles. The number of pyridine rings is 1. The van der Waals surface area contributed by atoms with Crippen molar-refractivity contribution in [3.8, 4) is 5.88 Å². The SMILES string of the molecule is CC[C@@H](NC(=O)c1ccc2[nH]c(O)c(C(=Nc3ccc(CN4CCOCC4)cc3)c3cccnc3)c2c1)c1ccccc1. The highest BCUT2D eigenvalue weighted by molar-refractivity contribution is 6.22. The van der Waals surface area contributed by atoms with Gasteiger partial charge in [-0.1, -0.05) is 49.4 Å². The van der Waals surface area contributed by atoms with Crippen LogP contribution >= 0.6 is 0 Å². The summed E-state index contributed by atoms with van der Waals surface area (Å²) in [5, 5.41) is 15.0. The van der Waals surface area contributed by atoms with Gasteiger partial charge in [0.2, 0.25) is 0 Å². The van der Waals surface area contributed by atoms with Gasteiger partial charge in [-0.2, -0.15) is 0 Å². The molecule has 3 N–H and O–H groups in total. The maximum Gasteiger partial charge on any atom is 0.251 e. The van der Waals surface area contributed by atoms with Crippen molar-refractivity contribution in [1.29, 1.82) is 0 Å². The molecular formula is C35H35N5O3. The van der Waals surface area contributed by atoms with Gasteiger partial charge in [0, 0.05) is 54.1 Å². The number of aromatic hydroxyl groups is 1. The fourth-order valence-electron chi connectivity index (χ4n) is 5.50. The minimum absolute atomic E-state index is 0.0187. The van der Waals surface area contributed by atoms with E-state index < -0.39 is 0 Å². The smallest absolute Gasteiger partial charge is 0.251 e. The summed E-state index contributed by atoms with van der Waals surface area (Å²) in [5.74, 6) is -0.199. The number of ether oxygens (including phenoxy) is 1. The number of benzene rings is 3. The zero-order chi connectivity index (χ0) is 29.6. The Bertz CT molecular complexity index is 1710. The number of hydrogen-bond donors (Lipinski definition) is 3. The highest BCUT2D eigenvalue weighted by Gasteiger charge is 2.21. The molecule has 0 bridgehead atoms. The van der Waals surface area contributed by atoms with E-state index in [4.69, 9.17) is 9.73 Å². The molecule has 5 aromatic rings. The van der Waals surface area contributed by atoms with Crippen LogP contribution in [0.4, 0.5) is 5.69 Å². The van der Waals surface area contributed by atoms with Crippen LogP contribution in [0.5, 0.6) is 5.88 Å². The maximum absolute atomic E-state index is 13.4. The molecule has 0 radical (unpaired) electrons. The lowest BCUT2D eigenvalue weighted by Gasteiger charge is -2.26. The van der Waals surface area contributed by atoms with Crippen molar-refractivity contribution < 1.29 is 14.6 Å². The monoisotopic (exact) mass is 573 g/mol. The van der Waals surface area contributed by atoms with E-state index in [1.807, 2.05) is 66.7 Å². The molecule has 8 nitrogen and oxygen atoms in total. The highest BCUT2D eigenvalue weighted by atomic mass is 16.5. The Morgan fingerprint density at radius 3 is 2.53 bits per heavy atom. The molecule has 3 heterocycles. The Morgan fingerprint density at radius 2 is 1.81 bits per heavy atom. The fraction of sp³-hybridized carbons (Fsp3) is 0.229. The van der Waals surface area contributed by atoms with E-state index in [2.05, 4.69) is 39.2 Å². The van der Waals surface area contributed by atoms with Crippen molar-refractivity contribution in [2.45, 2.75) is 25.9 Å². The lowest BCUT2D eigenvalue weighted by Crippen LogP contribution is -2.35. The standard InChI is InChI=1S/C35H35N5O3/c1-2-30(25-7-4-3-5-8-25)38-34(41)26-12-15-31-29(21-26)32(35(42)39-31)33(27-9-6-16-36-22-27)37-28-13-10-24(11-14-28)23-40-17-19-43-20-18-40/h3-16,21-22,30,39,42H,2,17-20,23H2,1H3,(H,38,41)/t30-/m1/s1. The summed E-state index contributed by atoms with van der Waals surface area (Å²) in [4.78, 5) is 28.2. The van der Waals surface area contributed by atoms with Gasteiger partial charge in [-0.05, 0) is 60.0 Å². The van der Waals surface area contributed by atoms with E-state index >= 15 is 0 Å². The van der Waals surface area contributed by atoms with Gasteiger partial charge in [-0.25, -0.2) is 4.99 Å². The third-order valence-corrected chi connectivity index (χ3v) is 7.82. The van der Waals surface area contributed by atoms with E-state index in [1.54, 1.807) is 18.5 Å². The van der Waals surface area contributed by atoms with Crippen LogP contribution in [0, 0.1) is 0 Å². The number of carbonyl (C=O) groups excluding carboxylic acids is 1. The second kappa shape index (κ2) is 13.0. The van der Waals surface area contributed by atoms with Gasteiger partial charge >= 0.3 is 0 Å². The van der Waals surface area contributed by atoms with E-state index in [1.165, 1.54) is 5.56 Å². The fourth-order valence-corrected chi connectivity index (χ4v) is 5.50. The summed E-state index contributed by atoms with van der Waals surface area (Å²) >= 11 is 0. The first-order valence-electron chi connectivity index (χ1n) is 14.7. The Morgan fingerprint density at radius 1 is 1.02 bits per heavy atom. The molecule has 1 amide bonds. The predicted molar refractivity (Wildman–Crippen MR) is 169 cm³/mol. The zero-order valence-corrected chi connectivity index (χ0v) is 24.2. The first-order chi connectivity index (χ1) is 21.1. The maximum atomic E-state index is 13.4. The molecule has 0 aliphatic carbocycles. The predicted octanol–water partition coefficient (Wildman–Crippen LogP) is 6.15. The topological polar surface area (TPSA) is 103 Å². The van der Waals surface area contributed by atoms with Crippen molar-refractivity contribution in [3.63, 3.8) is 0 Å². The minimum Gasteiger partial charge on any atom is -0.494 e. The summed E-state index contributed by atoms with van der Waals surface area (Å²) in [7, 11) is 0. The molecule has 1 aliphatic heterocycles. The molecule has 1 aliphatic rings. The largest absolute Gasteiger partial charge is 0.494 e. The molecule has 0 saturated carbocycles. The molecule has 1 saturated heterocycles. The summed E-state index contributed by atoms with van der Waals surface area (Å²) in [5.41, 5.74) is 6.05. The van der Waals surface area contributed by atoms with Crippen molar-refractivity contribution in [1.82, 2.24) is 20.2 Å². The molecule has 1 fully saturated rings. The number of nitrogens with zero attached hydrogens (tertiary/aromatic N) is 3. The first-order valence-corrected chi connectivity index (χ1v) is 14.7. The molecule has 0 spiro atoms. The molecule has 1 atom stereocenters. The summed E-state index contributed by atoms with van der Waals surface area (Å²) in [6, 6.07) is 27.2. The molecule has 8 heteroatoms. The van der Waals surface area contributed by atoms with Crippen LogP contribution in [-0.2, 0) is 11.3 Å². The van der Waals surface area contributed by atoms with E-state index in [9.17, 15) is 9.90 Å². The quantitative estimate of drug-likeness (QED) is 0.184. The average Bonchev–Trinajstić information content (AvgIpc) is 3.39. The number of H-pyrrole nitrogens is 1. The number of aromatic nitrogens is 2. The molecule has 0 unspecified atom stereocenters. The van der Waals surface area contributed by atoms with Gasteiger partial charge in [0.15, 0.2) is 5.88 Å². The third kappa shape index (κ3) is 6.51. The summed E-state index contributed by atoms with van der Waals surface area (Å²) < 4.78 is 5.47. The lowest BCUT2D eigenvalue weighted by molar-refractivity contribution is 0.0342. The van der Waals surface area contributed by atoms with Gasteiger partial charge in [-0.15, -0.1) is 0 Å². The van der Waals surface area contributed by atoms with Gasteiger partial charge in [-0.3, -0.25) is 14.7 Å².